The smallest absolute Gasteiger partial charge is 0.203 e. The van der Waals surface area contributed by atoms with Crippen LogP contribution in [0.3, 0.4) is 0 Å². The predicted octanol–water partition coefficient (Wildman–Crippen LogP) is 2.25. The first-order valence-corrected chi connectivity index (χ1v) is 11.5. The van der Waals surface area contributed by atoms with Crippen molar-refractivity contribution in [2.75, 3.05) is 53.7 Å². The Labute approximate surface area is 201 Å². The van der Waals surface area contributed by atoms with Gasteiger partial charge in [0.2, 0.25) is 5.75 Å². The van der Waals surface area contributed by atoms with Crippen molar-refractivity contribution in [2.45, 2.75) is 32.1 Å². The minimum atomic E-state index is -0.592. The lowest BCUT2D eigenvalue weighted by atomic mass is 10.2. The van der Waals surface area contributed by atoms with Gasteiger partial charge in [-0.1, -0.05) is 19.9 Å². The normalized spacial score (nSPS) is 15.6. The Morgan fingerprint density at radius 2 is 1.82 bits per heavy atom. The Kier molecular flexibility index (Phi) is 9.93. The largest absolute Gasteiger partial charge is 0.493 e. The molecule has 0 saturated heterocycles. The molecule has 3 N–H and O–H groups in total. The maximum absolute atomic E-state index is 10.0. The number of hydrogen-bond donors (Lipinski definition) is 3. The zero-order valence-corrected chi connectivity index (χ0v) is 20.3. The summed E-state index contributed by atoms with van der Waals surface area (Å²) in [6.07, 6.45) is -0.741. The van der Waals surface area contributed by atoms with Crippen LogP contribution in [0.4, 0.5) is 0 Å². The third-order valence-corrected chi connectivity index (χ3v) is 5.12. The molecule has 0 spiro atoms. The monoisotopic (exact) mass is 476 g/mol. The Bertz CT molecular complexity index is 871. The van der Waals surface area contributed by atoms with E-state index >= 15 is 0 Å². The van der Waals surface area contributed by atoms with Gasteiger partial charge in [-0.25, -0.2) is 0 Å². The number of rotatable bonds is 14. The van der Waals surface area contributed by atoms with Gasteiger partial charge in [-0.15, -0.1) is 0 Å². The minimum Gasteiger partial charge on any atom is -0.493 e. The highest BCUT2D eigenvalue weighted by molar-refractivity contribution is 5.51. The van der Waals surface area contributed by atoms with Crippen molar-refractivity contribution in [1.82, 2.24) is 10.6 Å². The molecule has 0 bridgehead atoms. The Morgan fingerprint density at radius 1 is 1.06 bits per heavy atom. The van der Waals surface area contributed by atoms with E-state index in [1.807, 2.05) is 44.2 Å². The molecule has 1 heterocycles. The first-order chi connectivity index (χ1) is 16.5. The van der Waals surface area contributed by atoms with E-state index in [-0.39, 0.29) is 12.7 Å². The van der Waals surface area contributed by atoms with Gasteiger partial charge in [-0.3, -0.25) is 0 Å². The Hall–Kier alpha value is -2.88. The predicted molar refractivity (Wildman–Crippen MR) is 129 cm³/mol. The average molecular weight is 477 g/mol. The van der Waals surface area contributed by atoms with Gasteiger partial charge in [0.05, 0.1) is 14.2 Å². The van der Waals surface area contributed by atoms with Crippen LogP contribution >= 0.6 is 0 Å². The SMILES string of the molecule is COc1cccc(OC)c1OCCNCC1COc2ccc(OCC(O)CNC(C)C)cc2O1. The highest BCUT2D eigenvalue weighted by atomic mass is 16.6. The molecule has 9 nitrogen and oxygen atoms in total. The van der Waals surface area contributed by atoms with Crippen LogP contribution in [0.25, 0.3) is 0 Å². The van der Waals surface area contributed by atoms with Crippen molar-refractivity contribution in [3.63, 3.8) is 0 Å². The molecule has 0 aromatic heterocycles. The molecule has 2 atom stereocenters. The second-order valence-corrected chi connectivity index (χ2v) is 8.23. The number of methoxy groups -OCH3 is 2. The number of nitrogens with one attached hydrogen (secondary N) is 2. The van der Waals surface area contributed by atoms with Gasteiger partial charge in [-0.05, 0) is 24.3 Å². The van der Waals surface area contributed by atoms with Crippen molar-refractivity contribution >= 4 is 0 Å². The van der Waals surface area contributed by atoms with Gasteiger partial charge in [0.1, 0.15) is 37.8 Å². The van der Waals surface area contributed by atoms with E-state index in [9.17, 15) is 5.11 Å². The lowest BCUT2D eigenvalue weighted by molar-refractivity contribution is 0.0870. The zero-order chi connectivity index (χ0) is 24.3. The number of hydrogen-bond acceptors (Lipinski definition) is 9. The fourth-order valence-corrected chi connectivity index (χ4v) is 3.36. The molecule has 2 aromatic carbocycles. The van der Waals surface area contributed by atoms with E-state index < -0.39 is 6.10 Å². The maximum atomic E-state index is 10.0. The molecule has 3 rings (SSSR count). The molecule has 0 fully saturated rings. The van der Waals surface area contributed by atoms with Gasteiger partial charge in [0.15, 0.2) is 23.0 Å². The maximum Gasteiger partial charge on any atom is 0.203 e. The van der Waals surface area contributed by atoms with Crippen LogP contribution in [0.1, 0.15) is 13.8 Å². The zero-order valence-electron chi connectivity index (χ0n) is 20.3. The van der Waals surface area contributed by atoms with E-state index in [1.54, 1.807) is 20.3 Å². The molecule has 34 heavy (non-hydrogen) atoms. The van der Waals surface area contributed by atoms with Crippen LogP contribution in [-0.4, -0.2) is 77.0 Å². The molecule has 1 aliphatic heterocycles. The summed E-state index contributed by atoms with van der Waals surface area (Å²) in [5.41, 5.74) is 0. The van der Waals surface area contributed by atoms with E-state index in [2.05, 4.69) is 10.6 Å². The summed E-state index contributed by atoms with van der Waals surface area (Å²) in [7, 11) is 3.20. The van der Waals surface area contributed by atoms with Crippen LogP contribution in [-0.2, 0) is 0 Å². The quantitative estimate of drug-likeness (QED) is 0.355. The van der Waals surface area contributed by atoms with Gasteiger partial charge in [-0.2, -0.15) is 0 Å². The molecular formula is C25H36N2O7. The number of benzene rings is 2. The molecule has 1 aliphatic rings. The summed E-state index contributed by atoms with van der Waals surface area (Å²) in [4.78, 5) is 0. The summed E-state index contributed by atoms with van der Waals surface area (Å²) >= 11 is 0. The first kappa shape index (κ1) is 25.7. The summed E-state index contributed by atoms with van der Waals surface area (Å²) < 4.78 is 34.2. The summed E-state index contributed by atoms with van der Waals surface area (Å²) in [5.74, 6) is 3.76. The molecule has 188 valence electrons. The fourth-order valence-electron chi connectivity index (χ4n) is 3.36. The molecular weight excluding hydrogens is 440 g/mol. The first-order valence-electron chi connectivity index (χ1n) is 11.5. The average Bonchev–Trinajstić information content (AvgIpc) is 2.85. The molecule has 9 heteroatoms. The Morgan fingerprint density at radius 3 is 2.53 bits per heavy atom. The summed E-state index contributed by atoms with van der Waals surface area (Å²) in [5, 5.41) is 16.5. The van der Waals surface area contributed by atoms with Gasteiger partial charge >= 0.3 is 0 Å². The lowest BCUT2D eigenvalue weighted by Gasteiger charge is -2.27. The van der Waals surface area contributed by atoms with Crippen molar-refractivity contribution in [3.05, 3.63) is 36.4 Å². The number of para-hydroxylation sites is 1. The highest BCUT2D eigenvalue weighted by Gasteiger charge is 2.21. The minimum absolute atomic E-state index is 0.149. The number of aliphatic hydroxyl groups is 1. The van der Waals surface area contributed by atoms with Crippen molar-refractivity contribution in [1.29, 1.82) is 0 Å². The standard InChI is InChI=1S/C25H36N2O7/c1-17(2)27-13-18(28)15-32-19-8-9-21-24(12-19)34-20(16-33-21)14-26-10-11-31-25-22(29-3)6-5-7-23(25)30-4/h5-9,12,17-18,20,26-28H,10-11,13-16H2,1-4H3. The third-order valence-electron chi connectivity index (χ3n) is 5.12. The van der Waals surface area contributed by atoms with E-state index in [0.717, 1.165) is 0 Å². The Balaban J connectivity index is 1.42. The number of aliphatic hydroxyl groups excluding tert-OH is 1. The van der Waals surface area contributed by atoms with Crippen LogP contribution < -0.4 is 39.1 Å². The van der Waals surface area contributed by atoms with Crippen molar-refractivity contribution in [3.8, 4) is 34.5 Å². The molecule has 0 radical (unpaired) electrons. The van der Waals surface area contributed by atoms with Gasteiger partial charge < -0.3 is 44.2 Å². The summed E-state index contributed by atoms with van der Waals surface area (Å²) in [6, 6.07) is 11.2. The van der Waals surface area contributed by atoms with Gasteiger partial charge in [0, 0.05) is 31.7 Å². The third kappa shape index (κ3) is 7.58. The molecule has 0 saturated carbocycles. The number of fused-ring (bicyclic) bond motifs is 1. The van der Waals surface area contributed by atoms with Crippen molar-refractivity contribution in [2.24, 2.45) is 0 Å². The van der Waals surface area contributed by atoms with E-state index in [0.29, 0.717) is 73.4 Å². The second kappa shape index (κ2) is 13.1. The topological polar surface area (TPSA) is 99.7 Å². The molecule has 2 aromatic rings. The van der Waals surface area contributed by atoms with Gasteiger partial charge in [0.25, 0.3) is 0 Å². The van der Waals surface area contributed by atoms with Crippen molar-refractivity contribution < 1.29 is 33.5 Å². The van der Waals surface area contributed by atoms with Crippen LogP contribution in [0.15, 0.2) is 36.4 Å². The molecule has 0 amide bonds. The fraction of sp³-hybridized carbons (Fsp3) is 0.520. The van der Waals surface area contributed by atoms with Crippen LogP contribution in [0, 0.1) is 0 Å². The summed E-state index contributed by atoms with van der Waals surface area (Å²) in [6.45, 7) is 6.82. The molecule has 2 unspecified atom stereocenters. The highest BCUT2D eigenvalue weighted by Crippen LogP contribution is 2.37. The van der Waals surface area contributed by atoms with Crippen LogP contribution in [0.2, 0.25) is 0 Å². The molecule has 0 aliphatic carbocycles. The van der Waals surface area contributed by atoms with E-state index in [1.165, 1.54) is 0 Å². The lowest BCUT2D eigenvalue weighted by Crippen LogP contribution is -2.39. The number of ether oxygens (including phenoxy) is 6. The van der Waals surface area contributed by atoms with E-state index in [4.69, 9.17) is 28.4 Å². The second-order valence-electron chi connectivity index (χ2n) is 8.23. The van der Waals surface area contributed by atoms with Crippen LogP contribution in [0.5, 0.6) is 34.5 Å².